The smallest absolute Gasteiger partial charge is 0.462 e. The Kier molecular flexibility index (Phi) is 52.5. The number of rotatable bonds is 52. The molecule has 2 N–H and O–H groups in total. The second-order valence-corrected chi connectivity index (χ2v) is 20.1. The first-order valence-electron chi connectivity index (χ1n) is 28.8. The maximum absolute atomic E-state index is 12.9. The van der Waals surface area contributed by atoms with Crippen molar-refractivity contribution in [3.05, 3.63) is 109 Å². The van der Waals surface area contributed by atoms with Crippen LogP contribution in [-0.4, -0.2) is 66.5 Å². The highest BCUT2D eigenvalue weighted by Crippen LogP contribution is 2.43. The fourth-order valence-electron chi connectivity index (χ4n) is 7.35. The number of carbonyl (C=O) groups excluding carboxylic acids is 3. The molecule has 11 nitrogen and oxygen atoms in total. The molecule has 0 aliphatic rings. The van der Waals surface area contributed by atoms with E-state index in [1.54, 1.807) is 0 Å². The minimum atomic E-state index is -4.78. The molecule has 74 heavy (non-hydrogen) atoms. The molecule has 0 aromatic rings. The highest BCUT2D eigenvalue weighted by Gasteiger charge is 2.28. The molecule has 0 aliphatic heterocycles. The number of unbranched alkanes of at least 4 members (excludes halogenated alkanes) is 17. The molecule has 0 heterocycles. The monoisotopic (exact) mass is 1050 g/mol. The van der Waals surface area contributed by atoms with Gasteiger partial charge < -0.3 is 24.2 Å². The van der Waals surface area contributed by atoms with Gasteiger partial charge in [0.25, 0.3) is 0 Å². The maximum Gasteiger partial charge on any atom is 0.472 e. The quantitative estimate of drug-likeness (QED) is 0.0197. The van der Waals surface area contributed by atoms with Crippen molar-refractivity contribution in [2.45, 2.75) is 238 Å². The lowest BCUT2D eigenvalue weighted by atomic mass is 10.1. The fourth-order valence-corrected chi connectivity index (χ4v) is 8.14. The number of carbonyl (C=O) groups is 3. The third kappa shape index (κ3) is 53.0. The van der Waals surface area contributed by atoms with E-state index in [0.717, 1.165) is 128 Å². The van der Waals surface area contributed by atoms with Crippen molar-refractivity contribution in [1.29, 1.82) is 0 Å². The summed E-state index contributed by atoms with van der Waals surface area (Å²) in [7, 11) is -4.78. The standard InChI is InChI=1S/C62H103O11P/c1-4-7-10-13-16-19-22-25-27-28-29-30-32-34-36-39-42-45-48-51-60(64)69-55-59(73-62(66)53-50-47-44-41-38-35-31-26-23-20-17-14-11-8-5-2)57-71-74(67,68)70-56-58(54-63)72-61(65)52-49-46-43-40-37-33-24-21-18-15-12-9-6-3/h7,9-10,12,16,18-19,21,25-27,29-31,33,37,43,46,58-59,63H,4-6,8,11,13-15,17,20,22-24,28,32,34-36,38-42,44-45,47-57H2,1-3H3,(H,67,68)/b10-7-,12-9-,19-16-,21-18-,27-25-,30-29-,31-26-,37-33-,46-43-. The maximum atomic E-state index is 12.9. The van der Waals surface area contributed by atoms with Crippen molar-refractivity contribution in [3.63, 3.8) is 0 Å². The Morgan fingerprint density at radius 3 is 1.18 bits per heavy atom. The molecule has 0 bridgehead atoms. The molecule has 0 fully saturated rings. The van der Waals surface area contributed by atoms with Gasteiger partial charge in [-0.15, -0.1) is 0 Å². The SMILES string of the molecule is CC/C=C\C/C=C\C/C=C\C/C=C\CCCCCCCCC(=O)OCC(COP(=O)(O)OCC(CO)OC(=O)CC/C=C\C/C=C\C/C=C\C/C=C\CC)OC(=O)CCCCCCC/C=C\CCCCCCCC. The van der Waals surface area contributed by atoms with Crippen LogP contribution < -0.4 is 0 Å². The number of aliphatic hydroxyl groups excluding tert-OH is 1. The molecule has 3 atom stereocenters. The van der Waals surface area contributed by atoms with Crippen molar-refractivity contribution in [2.75, 3.05) is 26.4 Å². The zero-order valence-electron chi connectivity index (χ0n) is 46.5. The van der Waals surface area contributed by atoms with Gasteiger partial charge in [0.05, 0.1) is 19.8 Å². The summed E-state index contributed by atoms with van der Waals surface area (Å²) in [6, 6.07) is 0. The Bertz CT molecular complexity index is 1660. The highest BCUT2D eigenvalue weighted by atomic mass is 31.2. The van der Waals surface area contributed by atoms with E-state index < -0.39 is 57.8 Å². The number of hydrogen-bond donors (Lipinski definition) is 2. The molecule has 12 heteroatoms. The number of esters is 3. The largest absolute Gasteiger partial charge is 0.472 e. The van der Waals surface area contributed by atoms with Crippen LogP contribution in [0.25, 0.3) is 0 Å². The lowest BCUT2D eigenvalue weighted by Gasteiger charge is -2.21. The average molecular weight is 1060 g/mol. The first-order valence-corrected chi connectivity index (χ1v) is 30.3. The van der Waals surface area contributed by atoms with Gasteiger partial charge in [-0.2, -0.15) is 0 Å². The van der Waals surface area contributed by atoms with Crippen molar-refractivity contribution in [2.24, 2.45) is 0 Å². The van der Waals surface area contributed by atoms with Crippen LogP contribution in [0.1, 0.15) is 226 Å². The van der Waals surface area contributed by atoms with Gasteiger partial charge in [0.15, 0.2) is 6.10 Å². The molecule has 422 valence electrons. The van der Waals surface area contributed by atoms with E-state index >= 15 is 0 Å². The predicted molar refractivity (Wildman–Crippen MR) is 307 cm³/mol. The van der Waals surface area contributed by atoms with E-state index in [1.165, 1.54) is 38.5 Å². The summed E-state index contributed by atoms with van der Waals surface area (Å²) < 4.78 is 39.4. The molecular weight excluding hydrogens is 952 g/mol. The number of hydrogen-bond acceptors (Lipinski definition) is 10. The van der Waals surface area contributed by atoms with Crippen LogP contribution in [0.15, 0.2) is 109 Å². The molecule has 0 saturated heterocycles. The normalized spacial score (nSPS) is 14.2. The summed E-state index contributed by atoms with van der Waals surface area (Å²) in [5.74, 6) is -1.58. The van der Waals surface area contributed by atoms with E-state index in [2.05, 4.69) is 118 Å². The summed E-state index contributed by atoms with van der Waals surface area (Å²) in [6.07, 6.45) is 66.4. The molecule has 0 aliphatic carbocycles. The Morgan fingerprint density at radius 1 is 0.392 bits per heavy atom. The van der Waals surface area contributed by atoms with E-state index in [1.807, 2.05) is 12.2 Å². The zero-order valence-corrected chi connectivity index (χ0v) is 47.4. The summed E-state index contributed by atoms with van der Waals surface area (Å²) in [4.78, 5) is 48.5. The van der Waals surface area contributed by atoms with Crippen molar-refractivity contribution in [1.82, 2.24) is 0 Å². The second-order valence-electron chi connectivity index (χ2n) is 18.7. The van der Waals surface area contributed by atoms with Crippen molar-refractivity contribution >= 4 is 25.7 Å². The van der Waals surface area contributed by atoms with Crippen LogP contribution in [0.4, 0.5) is 0 Å². The first-order chi connectivity index (χ1) is 36.2. The number of aliphatic hydroxyl groups is 1. The van der Waals surface area contributed by atoms with Gasteiger partial charge in [-0.25, -0.2) is 4.57 Å². The summed E-state index contributed by atoms with van der Waals surface area (Å²) in [6.45, 7) is 4.29. The van der Waals surface area contributed by atoms with Gasteiger partial charge in [-0.05, 0) is 109 Å². The average Bonchev–Trinajstić information content (AvgIpc) is 3.39. The van der Waals surface area contributed by atoms with E-state index in [4.69, 9.17) is 23.3 Å². The highest BCUT2D eigenvalue weighted by molar-refractivity contribution is 7.47. The number of ether oxygens (including phenoxy) is 3. The second kappa shape index (κ2) is 55.4. The molecular formula is C62H103O11P. The van der Waals surface area contributed by atoms with Gasteiger partial charge in [0.1, 0.15) is 12.7 Å². The Labute approximate surface area is 450 Å². The summed E-state index contributed by atoms with van der Waals surface area (Å²) in [5, 5.41) is 9.79. The molecule has 0 radical (unpaired) electrons. The summed E-state index contributed by atoms with van der Waals surface area (Å²) >= 11 is 0. The minimum absolute atomic E-state index is 0.0501. The van der Waals surface area contributed by atoms with Crippen LogP contribution >= 0.6 is 7.82 Å². The topological polar surface area (TPSA) is 155 Å². The summed E-state index contributed by atoms with van der Waals surface area (Å²) in [5.41, 5.74) is 0. The Morgan fingerprint density at radius 2 is 0.730 bits per heavy atom. The van der Waals surface area contributed by atoms with Crippen molar-refractivity contribution in [3.8, 4) is 0 Å². The van der Waals surface area contributed by atoms with Crippen LogP contribution in [-0.2, 0) is 42.2 Å². The molecule has 0 aromatic carbocycles. The van der Waals surface area contributed by atoms with Crippen LogP contribution in [0.3, 0.4) is 0 Å². The lowest BCUT2D eigenvalue weighted by molar-refractivity contribution is -0.161. The van der Waals surface area contributed by atoms with Gasteiger partial charge >= 0.3 is 25.7 Å². The molecule has 0 saturated carbocycles. The number of allylic oxidation sites excluding steroid dienone is 18. The van der Waals surface area contributed by atoms with E-state index in [0.29, 0.717) is 19.3 Å². The van der Waals surface area contributed by atoms with Gasteiger partial charge in [-0.1, -0.05) is 207 Å². The van der Waals surface area contributed by atoms with Gasteiger partial charge in [0.2, 0.25) is 0 Å². The van der Waals surface area contributed by atoms with E-state index in [-0.39, 0.29) is 25.9 Å². The lowest BCUT2D eigenvalue weighted by Crippen LogP contribution is -2.30. The third-order valence-electron chi connectivity index (χ3n) is 11.7. The van der Waals surface area contributed by atoms with E-state index in [9.17, 15) is 28.9 Å². The Hall–Kier alpha value is -3.86. The zero-order chi connectivity index (χ0) is 54.1. The van der Waals surface area contributed by atoms with Gasteiger partial charge in [0, 0.05) is 19.3 Å². The van der Waals surface area contributed by atoms with Crippen LogP contribution in [0.5, 0.6) is 0 Å². The molecule has 0 aromatic heterocycles. The Balaban J connectivity index is 4.82. The third-order valence-corrected chi connectivity index (χ3v) is 12.6. The number of phosphoric ester groups is 1. The first kappa shape index (κ1) is 70.1. The minimum Gasteiger partial charge on any atom is -0.462 e. The predicted octanol–water partition coefficient (Wildman–Crippen LogP) is 17.0. The van der Waals surface area contributed by atoms with Crippen molar-refractivity contribution < 1.29 is 52.2 Å². The van der Waals surface area contributed by atoms with Crippen LogP contribution in [0.2, 0.25) is 0 Å². The molecule has 0 rings (SSSR count). The molecule has 0 spiro atoms. The molecule has 3 unspecified atom stereocenters. The van der Waals surface area contributed by atoms with Crippen LogP contribution in [0, 0.1) is 0 Å². The molecule has 0 amide bonds. The number of phosphoric acid groups is 1. The van der Waals surface area contributed by atoms with Gasteiger partial charge in [-0.3, -0.25) is 23.4 Å². The fraction of sp³-hybridized carbons (Fsp3) is 0.661.